The zero-order valence-corrected chi connectivity index (χ0v) is 15.5. The van der Waals surface area contributed by atoms with Crippen LogP contribution in [0, 0.1) is 0 Å². The number of rotatable bonds is 2. The fourth-order valence-corrected chi connectivity index (χ4v) is 4.60. The highest BCUT2D eigenvalue weighted by Gasteiger charge is 2.23. The van der Waals surface area contributed by atoms with Gasteiger partial charge in [-0.05, 0) is 35.9 Å². The van der Waals surface area contributed by atoms with Crippen molar-refractivity contribution in [2.45, 2.75) is 6.42 Å². The summed E-state index contributed by atoms with van der Waals surface area (Å²) in [6.45, 7) is 0.583. The van der Waals surface area contributed by atoms with Crippen LogP contribution in [0.2, 0.25) is 5.02 Å². The average Bonchev–Trinajstić information content (AvgIpc) is 3.22. The lowest BCUT2D eigenvalue weighted by molar-refractivity contribution is 0.325. The standard InChI is InChI=1S/C19H13ClN4O2S/c20-12-4-1-2-5-13(12)24-18(22-23-19(24)25)15-10-11-7-9-26-14-6-3-8-21-16(14)17(11)27-15/h1-6,8,10H,7,9H2,(H,23,25). The number of nitrogens with zero attached hydrogens (tertiary/aromatic N) is 3. The Balaban J connectivity index is 1.70. The SMILES string of the molecule is O=c1[nH]nc(-c2cc3c(s2)-c2ncccc2OCC3)n1-c1ccccc1Cl. The van der Waals surface area contributed by atoms with Crippen molar-refractivity contribution in [1.29, 1.82) is 0 Å². The van der Waals surface area contributed by atoms with Crippen molar-refractivity contribution in [3.05, 3.63) is 69.7 Å². The van der Waals surface area contributed by atoms with Crippen molar-refractivity contribution in [1.82, 2.24) is 19.7 Å². The number of fused-ring (bicyclic) bond motifs is 3. The molecule has 8 heteroatoms. The molecule has 134 valence electrons. The van der Waals surface area contributed by atoms with Crippen LogP contribution in [0.25, 0.3) is 27.0 Å². The fraction of sp³-hybridized carbons (Fsp3) is 0.105. The number of aromatic amines is 1. The van der Waals surface area contributed by atoms with Gasteiger partial charge in [-0.25, -0.2) is 14.5 Å². The molecule has 0 saturated carbocycles. The van der Waals surface area contributed by atoms with Crippen molar-refractivity contribution in [3.63, 3.8) is 0 Å². The highest BCUT2D eigenvalue weighted by Crippen LogP contribution is 2.42. The summed E-state index contributed by atoms with van der Waals surface area (Å²) in [5.74, 6) is 1.31. The lowest BCUT2D eigenvalue weighted by Gasteiger charge is -2.06. The Hall–Kier alpha value is -2.90. The second kappa shape index (κ2) is 6.37. The second-order valence-electron chi connectivity index (χ2n) is 6.05. The number of halogens is 1. The Morgan fingerprint density at radius 3 is 3.00 bits per heavy atom. The second-order valence-corrected chi connectivity index (χ2v) is 7.51. The number of benzene rings is 1. The van der Waals surface area contributed by atoms with Gasteiger partial charge in [0.05, 0.1) is 27.1 Å². The number of thiophene rings is 1. The molecule has 27 heavy (non-hydrogen) atoms. The molecule has 0 spiro atoms. The first-order valence-electron chi connectivity index (χ1n) is 8.36. The highest BCUT2D eigenvalue weighted by molar-refractivity contribution is 7.19. The van der Waals surface area contributed by atoms with Crippen molar-refractivity contribution in [2.24, 2.45) is 0 Å². The summed E-state index contributed by atoms with van der Waals surface area (Å²) < 4.78 is 7.30. The third-order valence-electron chi connectivity index (χ3n) is 4.41. The van der Waals surface area contributed by atoms with E-state index in [2.05, 4.69) is 21.2 Å². The van der Waals surface area contributed by atoms with E-state index in [1.165, 1.54) is 4.57 Å². The molecule has 0 saturated heterocycles. The van der Waals surface area contributed by atoms with Gasteiger partial charge in [-0.2, -0.15) is 5.10 Å². The quantitative estimate of drug-likeness (QED) is 0.557. The van der Waals surface area contributed by atoms with E-state index >= 15 is 0 Å². The van der Waals surface area contributed by atoms with Crippen molar-refractivity contribution in [3.8, 4) is 32.7 Å². The predicted molar refractivity (Wildman–Crippen MR) is 105 cm³/mol. The van der Waals surface area contributed by atoms with E-state index in [9.17, 15) is 4.79 Å². The Kier molecular flexibility index (Phi) is 3.84. The topological polar surface area (TPSA) is 72.8 Å². The van der Waals surface area contributed by atoms with Gasteiger partial charge in [-0.1, -0.05) is 23.7 Å². The van der Waals surface area contributed by atoms with Gasteiger partial charge in [0.25, 0.3) is 0 Å². The van der Waals surface area contributed by atoms with Gasteiger partial charge in [-0.3, -0.25) is 4.98 Å². The molecular weight excluding hydrogens is 384 g/mol. The van der Waals surface area contributed by atoms with Gasteiger partial charge in [-0.15, -0.1) is 11.3 Å². The Labute approximate surface area is 163 Å². The first kappa shape index (κ1) is 16.3. The Morgan fingerprint density at radius 1 is 1.22 bits per heavy atom. The van der Waals surface area contributed by atoms with E-state index in [4.69, 9.17) is 16.3 Å². The lowest BCUT2D eigenvalue weighted by Crippen LogP contribution is -2.15. The largest absolute Gasteiger partial charge is 0.491 e. The monoisotopic (exact) mass is 396 g/mol. The molecule has 0 aliphatic carbocycles. The number of nitrogens with one attached hydrogen (secondary N) is 1. The molecule has 4 heterocycles. The maximum absolute atomic E-state index is 12.4. The normalized spacial score (nSPS) is 12.8. The van der Waals surface area contributed by atoms with E-state index in [-0.39, 0.29) is 5.69 Å². The van der Waals surface area contributed by atoms with Crippen molar-refractivity contribution < 1.29 is 4.74 Å². The van der Waals surface area contributed by atoms with Crippen LogP contribution in [0.5, 0.6) is 5.75 Å². The van der Waals surface area contributed by atoms with E-state index in [0.29, 0.717) is 23.1 Å². The molecule has 1 aliphatic rings. The number of ether oxygens (including phenoxy) is 1. The maximum atomic E-state index is 12.4. The molecule has 0 atom stereocenters. The van der Waals surface area contributed by atoms with Crippen molar-refractivity contribution in [2.75, 3.05) is 6.61 Å². The first-order chi connectivity index (χ1) is 13.2. The number of pyridine rings is 1. The molecule has 0 bridgehead atoms. The third-order valence-corrected chi connectivity index (χ3v) is 5.91. The fourth-order valence-electron chi connectivity index (χ4n) is 3.19. The van der Waals surface area contributed by atoms with Crippen LogP contribution in [-0.4, -0.2) is 26.4 Å². The molecule has 0 amide bonds. The van der Waals surface area contributed by atoms with Crippen LogP contribution < -0.4 is 10.4 Å². The van der Waals surface area contributed by atoms with E-state index in [0.717, 1.165) is 33.2 Å². The van der Waals surface area contributed by atoms with Crippen LogP contribution in [0.3, 0.4) is 0 Å². The molecule has 4 aromatic rings. The molecule has 1 N–H and O–H groups in total. The maximum Gasteiger partial charge on any atom is 0.348 e. The summed E-state index contributed by atoms with van der Waals surface area (Å²) in [6, 6.07) is 13.0. The Bertz CT molecular complexity index is 1210. The third kappa shape index (κ3) is 2.67. The zero-order chi connectivity index (χ0) is 18.4. The van der Waals surface area contributed by atoms with Crippen LogP contribution in [0.1, 0.15) is 5.56 Å². The first-order valence-corrected chi connectivity index (χ1v) is 9.55. The van der Waals surface area contributed by atoms with Gasteiger partial charge >= 0.3 is 5.69 Å². The van der Waals surface area contributed by atoms with Gasteiger partial charge in [0.15, 0.2) is 5.82 Å². The molecule has 0 fully saturated rings. The number of H-pyrrole nitrogens is 1. The van der Waals surface area contributed by atoms with Gasteiger partial charge in [0.1, 0.15) is 11.4 Å². The zero-order valence-electron chi connectivity index (χ0n) is 14.0. The van der Waals surface area contributed by atoms with Gasteiger partial charge in [0.2, 0.25) is 0 Å². The summed E-state index contributed by atoms with van der Waals surface area (Å²) in [5.41, 5.74) is 2.22. The van der Waals surface area contributed by atoms with Crippen molar-refractivity contribution >= 4 is 22.9 Å². The molecule has 5 rings (SSSR count). The minimum atomic E-state index is -0.330. The van der Waals surface area contributed by atoms with Crippen LogP contribution in [0.15, 0.2) is 53.5 Å². The van der Waals surface area contributed by atoms with E-state index < -0.39 is 0 Å². The number of hydrogen-bond donors (Lipinski definition) is 1. The smallest absolute Gasteiger partial charge is 0.348 e. The number of aromatic nitrogens is 4. The number of hydrogen-bond acceptors (Lipinski definition) is 5. The average molecular weight is 397 g/mol. The van der Waals surface area contributed by atoms with E-state index in [1.54, 1.807) is 29.7 Å². The molecule has 3 aromatic heterocycles. The Morgan fingerprint density at radius 2 is 2.11 bits per heavy atom. The molecular formula is C19H13ClN4O2S. The summed E-state index contributed by atoms with van der Waals surface area (Å²) in [5, 5.41) is 7.28. The van der Waals surface area contributed by atoms with Gasteiger partial charge in [0, 0.05) is 12.6 Å². The van der Waals surface area contributed by atoms with Crippen LogP contribution in [-0.2, 0) is 6.42 Å². The number of para-hydroxylation sites is 1. The van der Waals surface area contributed by atoms with E-state index in [1.807, 2.05) is 24.3 Å². The molecule has 0 unspecified atom stereocenters. The predicted octanol–water partition coefficient (Wildman–Crippen LogP) is 3.94. The highest BCUT2D eigenvalue weighted by atomic mass is 35.5. The summed E-state index contributed by atoms with van der Waals surface area (Å²) in [7, 11) is 0. The summed E-state index contributed by atoms with van der Waals surface area (Å²) in [6.07, 6.45) is 2.52. The molecule has 1 aromatic carbocycles. The molecule has 6 nitrogen and oxygen atoms in total. The molecule has 0 radical (unpaired) electrons. The minimum Gasteiger partial charge on any atom is -0.491 e. The van der Waals surface area contributed by atoms with Crippen LogP contribution >= 0.6 is 22.9 Å². The van der Waals surface area contributed by atoms with Crippen LogP contribution in [0.4, 0.5) is 0 Å². The van der Waals surface area contributed by atoms with Gasteiger partial charge < -0.3 is 4.74 Å². The lowest BCUT2D eigenvalue weighted by atomic mass is 10.1. The minimum absolute atomic E-state index is 0.330. The summed E-state index contributed by atoms with van der Waals surface area (Å²) in [4.78, 5) is 18.8. The molecule has 1 aliphatic heterocycles. The summed E-state index contributed by atoms with van der Waals surface area (Å²) >= 11 is 7.86.